The lowest BCUT2D eigenvalue weighted by Gasteiger charge is -2.07. The molecule has 0 radical (unpaired) electrons. The molecule has 0 bridgehead atoms. The molecule has 1 aromatic heterocycles. The fraction of sp³-hybridized carbons (Fsp3) is 0.200. The zero-order valence-electron chi connectivity index (χ0n) is 8.24. The summed E-state index contributed by atoms with van der Waals surface area (Å²) in [6.45, 7) is 1.81. The average Bonchev–Trinajstić information content (AvgIpc) is 2.16. The molecule has 1 atom stereocenters. The number of nitrogens with two attached hydrogens (primary N) is 2. The van der Waals surface area contributed by atoms with Crippen LogP contribution in [0.5, 0.6) is 0 Å². The molecular formula is C10H11ClN4. The molecule has 1 aromatic carbocycles. The van der Waals surface area contributed by atoms with Crippen molar-refractivity contribution in [3.8, 4) is 0 Å². The standard InChI is InChI=1S/C10H11ClN4/c1-5(12)10-14-8-4-6(11)2-3-7(8)9(13)15-10/h2-5H,12H2,1H3,(H2,13,14,15). The lowest BCUT2D eigenvalue weighted by molar-refractivity contribution is 0.748. The van der Waals surface area contributed by atoms with Crippen LogP contribution in [-0.4, -0.2) is 9.97 Å². The van der Waals surface area contributed by atoms with Crippen molar-refractivity contribution >= 4 is 28.3 Å². The van der Waals surface area contributed by atoms with Crippen LogP contribution >= 0.6 is 11.6 Å². The first-order chi connectivity index (χ1) is 7.08. The summed E-state index contributed by atoms with van der Waals surface area (Å²) in [6.07, 6.45) is 0. The van der Waals surface area contributed by atoms with E-state index in [0.717, 1.165) is 10.9 Å². The van der Waals surface area contributed by atoms with Gasteiger partial charge in [-0.2, -0.15) is 0 Å². The van der Waals surface area contributed by atoms with Crippen LogP contribution in [0.25, 0.3) is 10.9 Å². The molecule has 15 heavy (non-hydrogen) atoms. The highest BCUT2D eigenvalue weighted by Crippen LogP contribution is 2.22. The van der Waals surface area contributed by atoms with E-state index in [1.165, 1.54) is 0 Å². The number of nitrogen functional groups attached to an aromatic ring is 1. The van der Waals surface area contributed by atoms with E-state index in [4.69, 9.17) is 23.1 Å². The van der Waals surface area contributed by atoms with Gasteiger partial charge in [0.15, 0.2) is 0 Å². The lowest BCUT2D eigenvalue weighted by Crippen LogP contribution is -2.11. The van der Waals surface area contributed by atoms with E-state index in [9.17, 15) is 0 Å². The number of halogens is 1. The Morgan fingerprint density at radius 2 is 2.07 bits per heavy atom. The summed E-state index contributed by atoms with van der Waals surface area (Å²) in [5, 5.41) is 1.42. The van der Waals surface area contributed by atoms with Gasteiger partial charge >= 0.3 is 0 Å². The number of nitrogens with zero attached hydrogens (tertiary/aromatic N) is 2. The van der Waals surface area contributed by atoms with Gasteiger partial charge in [0.05, 0.1) is 11.6 Å². The Balaban J connectivity index is 2.74. The van der Waals surface area contributed by atoms with Crippen molar-refractivity contribution in [1.82, 2.24) is 9.97 Å². The van der Waals surface area contributed by atoms with Crippen LogP contribution in [0.4, 0.5) is 5.82 Å². The molecule has 0 aliphatic carbocycles. The van der Waals surface area contributed by atoms with Crippen molar-refractivity contribution in [3.63, 3.8) is 0 Å². The average molecular weight is 223 g/mol. The van der Waals surface area contributed by atoms with Crippen molar-refractivity contribution in [2.24, 2.45) is 5.73 Å². The topological polar surface area (TPSA) is 77.8 Å². The maximum Gasteiger partial charge on any atom is 0.147 e. The Kier molecular flexibility index (Phi) is 2.46. The van der Waals surface area contributed by atoms with E-state index in [1.807, 2.05) is 6.92 Å². The second kappa shape index (κ2) is 3.64. The molecule has 1 unspecified atom stereocenters. The van der Waals surface area contributed by atoms with Gasteiger partial charge in [-0.15, -0.1) is 0 Å². The Labute approximate surface area is 92.3 Å². The number of fused-ring (bicyclic) bond motifs is 1. The Morgan fingerprint density at radius 1 is 1.33 bits per heavy atom. The van der Waals surface area contributed by atoms with Crippen LogP contribution in [0.3, 0.4) is 0 Å². The third kappa shape index (κ3) is 1.86. The predicted molar refractivity (Wildman–Crippen MR) is 61.6 cm³/mol. The lowest BCUT2D eigenvalue weighted by atomic mass is 10.2. The van der Waals surface area contributed by atoms with Gasteiger partial charge in [0, 0.05) is 10.4 Å². The zero-order chi connectivity index (χ0) is 11.0. The fourth-order valence-electron chi connectivity index (χ4n) is 1.35. The molecule has 1 heterocycles. The van der Waals surface area contributed by atoms with Gasteiger partial charge in [-0.05, 0) is 25.1 Å². The predicted octanol–water partition coefficient (Wildman–Crippen LogP) is 1.89. The molecule has 78 valence electrons. The van der Waals surface area contributed by atoms with Crippen molar-refractivity contribution in [1.29, 1.82) is 0 Å². The smallest absolute Gasteiger partial charge is 0.147 e. The van der Waals surface area contributed by atoms with Crippen LogP contribution in [0.1, 0.15) is 18.8 Å². The molecule has 0 aliphatic rings. The quantitative estimate of drug-likeness (QED) is 0.773. The molecule has 0 saturated carbocycles. The second-order valence-electron chi connectivity index (χ2n) is 3.42. The number of aromatic nitrogens is 2. The van der Waals surface area contributed by atoms with E-state index >= 15 is 0 Å². The summed E-state index contributed by atoms with van der Waals surface area (Å²) >= 11 is 5.87. The van der Waals surface area contributed by atoms with Gasteiger partial charge in [-0.3, -0.25) is 0 Å². The summed E-state index contributed by atoms with van der Waals surface area (Å²) in [6, 6.07) is 5.07. The van der Waals surface area contributed by atoms with Gasteiger partial charge in [0.2, 0.25) is 0 Å². The number of benzene rings is 1. The van der Waals surface area contributed by atoms with Crippen LogP contribution in [0.15, 0.2) is 18.2 Å². The van der Waals surface area contributed by atoms with Gasteiger partial charge in [-0.25, -0.2) is 9.97 Å². The van der Waals surface area contributed by atoms with Crippen molar-refractivity contribution in [3.05, 3.63) is 29.0 Å². The van der Waals surface area contributed by atoms with Gasteiger partial charge in [0.25, 0.3) is 0 Å². The van der Waals surface area contributed by atoms with Gasteiger partial charge < -0.3 is 11.5 Å². The molecule has 2 aromatic rings. The molecule has 0 spiro atoms. The Morgan fingerprint density at radius 3 is 2.73 bits per heavy atom. The molecule has 0 aliphatic heterocycles. The number of hydrogen-bond donors (Lipinski definition) is 2. The highest BCUT2D eigenvalue weighted by Gasteiger charge is 2.08. The first-order valence-corrected chi connectivity index (χ1v) is 4.94. The fourth-order valence-corrected chi connectivity index (χ4v) is 1.52. The van der Waals surface area contributed by atoms with Crippen LogP contribution in [0, 0.1) is 0 Å². The van der Waals surface area contributed by atoms with Crippen molar-refractivity contribution in [2.45, 2.75) is 13.0 Å². The maximum atomic E-state index is 5.87. The molecule has 0 saturated heterocycles. The second-order valence-corrected chi connectivity index (χ2v) is 3.85. The van der Waals surface area contributed by atoms with E-state index in [2.05, 4.69) is 9.97 Å². The monoisotopic (exact) mass is 222 g/mol. The normalized spacial score (nSPS) is 13.0. The largest absolute Gasteiger partial charge is 0.383 e. The SMILES string of the molecule is CC(N)c1nc(N)c2ccc(Cl)cc2n1. The Hall–Kier alpha value is -1.39. The molecule has 0 fully saturated rings. The van der Waals surface area contributed by atoms with Crippen molar-refractivity contribution in [2.75, 3.05) is 5.73 Å². The van der Waals surface area contributed by atoms with E-state index in [-0.39, 0.29) is 6.04 Å². The number of rotatable bonds is 1. The van der Waals surface area contributed by atoms with E-state index in [0.29, 0.717) is 16.7 Å². The molecular weight excluding hydrogens is 212 g/mol. The van der Waals surface area contributed by atoms with Crippen molar-refractivity contribution < 1.29 is 0 Å². The first kappa shape index (κ1) is 10.1. The minimum atomic E-state index is -0.240. The Bertz CT molecular complexity index is 510. The zero-order valence-corrected chi connectivity index (χ0v) is 8.99. The summed E-state index contributed by atoms with van der Waals surface area (Å²) in [7, 11) is 0. The third-order valence-electron chi connectivity index (χ3n) is 2.11. The number of anilines is 1. The van der Waals surface area contributed by atoms with Crippen LogP contribution in [-0.2, 0) is 0 Å². The van der Waals surface area contributed by atoms with Gasteiger partial charge in [-0.1, -0.05) is 11.6 Å². The summed E-state index contributed by atoms with van der Waals surface area (Å²) in [5.74, 6) is 0.964. The summed E-state index contributed by atoms with van der Waals surface area (Å²) in [5.41, 5.74) is 12.2. The highest BCUT2D eigenvalue weighted by molar-refractivity contribution is 6.31. The minimum absolute atomic E-state index is 0.240. The van der Waals surface area contributed by atoms with E-state index < -0.39 is 0 Å². The summed E-state index contributed by atoms with van der Waals surface area (Å²) < 4.78 is 0. The third-order valence-corrected chi connectivity index (χ3v) is 2.35. The maximum absolute atomic E-state index is 5.87. The van der Waals surface area contributed by atoms with Crippen LogP contribution in [0.2, 0.25) is 5.02 Å². The summed E-state index contributed by atoms with van der Waals surface area (Å²) in [4.78, 5) is 8.42. The molecule has 2 rings (SSSR count). The first-order valence-electron chi connectivity index (χ1n) is 4.56. The molecule has 4 N–H and O–H groups in total. The van der Waals surface area contributed by atoms with Crippen LogP contribution < -0.4 is 11.5 Å². The number of hydrogen-bond acceptors (Lipinski definition) is 4. The van der Waals surface area contributed by atoms with Gasteiger partial charge in [0.1, 0.15) is 11.6 Å². The highest BCUT2D eigenvalue weighted by atomic mass is 35.5. The molecule has 0 amide bonds. The van der Waals surface area contributed by atoms with E-state index in [1.54, 1.807) is 18.2 Å². The minimum Gasteiger partial charge on any atom is -0.383 e. The molecule has 5 heteroatoms. The molecule has 4 nitrogen and oxygen atoms in total.